The van der Waals surface area contributed by atoms with Gasteiger partial charge < -0.3 is 0 Å². The summed E-state index contributed by atoms with van der Waals surface area (Å²) in [4.78, 5) is 7.29. The van der Waals surface area contributed by atoms with Gasteiger partial charge in [-0.2, -0.15) is 0 Å². The Morgan fingerprint density at radius 3 is 2.90 bits per heavy atom. The standard InChI is InChI=1S/C17H21ClN2/c18-12-16-7-2-1-5-11-20(16)13-15-10-9-14-6-3-4-8-17(14)19-15/h3-4,6,8-10,16H,1-2,5,7,11-13H2. The molecule has 20 heavy (non-hydrogen) atoms. The van der Waals surface area contributed by atoms with Gasteiger partial charge in [-0.3, -0.25) is 9.88 Å². The van der Waals surface area contributed by atoms with Gasteiger partial charge in [-0.1, -0.05) is 37.1 Å². The van der Waals surface area contributed by atoms with Gasteiger partial charge in [0.25, 0.3) is 0 Å². The van der Waals surface area contributed by atoms with Gasteiger partial charge in [0.05, 0.1) is 11.2 Å². The highest BCUT2D eigenvalue weighted by Gasteiger charge is 2.20. The summed E-state index contributed by atoms with van der Waals surface area (Å²) in [5.41, 5.74) is 2.24. The van der Waals surface area contributed by atoms with E-state index >= 15 is 0 Å². The van der Waals surface area contributed by atoms with Gasteiger partial charge in [0.1, 0.15) is 0 Å². The minimum absolute atomic E-state index is 0.507. The highest BCUT2D eigenvalue weighted by Crippen LogP contribution is 2.20. The molecule has 0 amide bonds. The molecule has 1 atom stereocenters. The van der Waals surface area contributed by atoms with E-state index in [1.165, 1.54) is 31.1 Å². The topological polar surface area (TPSA) is 16.1 Å². The highest BCUT2D eigenvalue weighted by atomic mass is 35.5. The fourth-order valence-corrected chi connectivity index (χ4v) is 3.37. The third kappa shape index (κ3) is 3.13. The average molecular weight is 289 g/mol. The number of halogens is 1. The number of benzene rings is 1. The minimum atomic E-state index is 0.507. The predicted octanol–water partition coefficient (Wildman–Crippen LogP) is 4.22. The summed E-state index contributed by atoms with van der Waals surface area (Å²) >= 11 is 6.15. The summed E-state index contributed by atoms with van der Waals surface area (Å²) < 4.78 is 0. The second kappa shape index (κ2) is 6.55. The Morgan fingerprint density at radius 2 is 2.00 bits per heavy atom. The molecule has 0 N–H and O–H groups in total. The molecule has 3 rings (SSSR count). The van der Waals surface area contributed by atoms with E-state index in [2.05, 4.69) is 35.2 Å². The third-order valence-electron chi connectivity index (χ3n) is 4.20. The number of fused-ring (bicyclic) bond motifs is 1. The lowest BCUT2D eigenvalue weighted by atomic mass is 10.1. The number of nitrogens with zero attached hydrogens (tertiary/aromatic N) is 2. The van der Waals surface area contributed by atoms with Gasteiger partial charge in [0.15, 0.2) is 0 Å². The number of hydrogen-bond donors (Lipinski definition) is 0. The molecule has 0 aliphatic carbocycles. The highest BCUT2D eigenvalue weighted by molar-refractivity contribution is 6.18. The van der Waals surface area contributed by atoms with Crippen LogP contribution in [0.1, 0.15) is 31.4 Å². The number of likely N-dealkylation sites (tertiary alicyclic amines) is 1. The van der Waals surface area contributed by atoms with E-state index in [9.17, 15) is 0 Å². The fraction of sp³-hybridized carbons (Fsp3) is 0.471. The Morgan fingerprint density at radius 1 is 1.10 bits per heavy atom. The van der Waals surface area contributed by atoms with Crippen LogP contribution in [-0.2, 0) is 6.54 Å². The zero-order valence-corrected chi connectivity index (χ0v) is 12.5. The van der Waals surface area contributed by atoms with Crippen LogP contribution >= 0.6 is 11.6 Å². The molecule has 2 nitrogen and oxygen atoms in total. The SMILES string of the molecule is ClCC1CCCCCN1Cc1ccc2ccccc2n1. The molecule has 1 saturated heterocycles. The summed E-state index contributed by atoms with van der Waals surface area (Å²) in [5.74, 6) is 0.730. The van der Waals surface area contributed by atoms with Crippen molar-refractivity contribution in [1.82, 2.24) is 9.88 Å². The molecular weight excluding hydrogens is 268 g/mol. The summed E-state index contributed by atoms with van der Waals surface area (Å²) in [6, 6.07) is 13.1. The number of para-hydroxylation sites is 1. The van der Waals surface area contributed by atoms with E-state index in [-0.39, 0.29) is 0 Å². The Hall–Kier alpha value is -1.12. The number of hydrogen-bond acceptors (Lipinski definition) is 2. The lowest BCUT2D eigenvalue weighted by Gasteiger charge is -2.28. The summed E-state index contributed by atoms with van der Waals surface area (Å²) in [7, 11) is 0. The van der Waals surface area contributed by atoms with E-state index in [1.807, 2.05) is 6.07 Å². The smallest absolute Gasteiger partial charge is 0.0705 e. The van der Waals surface area contributed by atoms with E-state index < -0.39 is 0 Å². The molecule has 0 bridgehead atoms. The predicted molar refractivity (Wildman–Crippen MR) is 85.1 cm³/mol. The van der Waals surface area contributed by atoms with Gasteiger partial charge in [0.2, 0.25) is 0 Å². The summed E-state index contributed by atoms with van der Waals surface area (Å²) in [6.45, 7) is 2.06. The van der Waals surface area contributed by atoms with Crippen LogP contribution in [-0.4, -0.2) is 28.4 Å². The van der Waals surface area contributed by atoms with Crippen LogP contribution in [0.3, 0.4) is 0 Å². The first-order valence-electron chi connectivity index (χ1n) is 7.51. The Bertz CT molecular complexity index is 570. The maximum absolute atomic E-state index is 6.15. The molecule has 1 fully saturated rings. The van der Waals surface area contributed by atoms with Crippen molar-refractivity contribution in [3.05, 3.63) is 42.1 Å². The maximum Gasteiger partial charge on any atom is 0.0705 e. The van der Waals surface area contributed by atoms with E-state index in [0.29, 0.717) is 6.04 Å². The lowest BCUT2D eigenvalue weighted by molar-refractivity contribution is 0.205. The average Bonchev–Trinajstić information content (AvgIpc) is 2.72. The molecule has 0 spiro atoms. The molecule has 1 aromatic carbocycles. The quantitative estimate of drug-likeness (QED) is 0.786. The number of pyridine rings is 1. The lowest BCUT2D eigenvalue weighted by Crippen LogP contribution is -2.35. The Labute approximate surface area is 125 Å². The van der Waals surface area contributed by atoms with Crippen LogP contribution < -0.4 is 0 Å². The van der Waals surface area contributed by atoms with Crippen molar-refractivity contribution in [2.75, 3.05) is 12.4 Å². The molecule has 0 saturated carbocycles. The minimum Gasteiger partial charge on any atom is -0.293 e. The second-order valence-corrected chi connectivity index (χ2v) is 5.93. The molecule has 2 aromatic rings. The van der Waals surface area contributed by atoms with Crippen LogP contribution in [0.5, 0.6) is 0 Å². The molecule has 106 valence electrons. The molecule has 1 aromatic heterocycles. The van der Waals surface area contributed by atoms with Crippen molar-refractivity contribution >= 4 is 22.5 Å². The van der Waals surface area contributed by atoms with Crippen molar-refractivity contribution in [3.63, 3.8) is 0 Å². The molecule has 0 radical (unpaired) electrons. The van der Waals surface area contributed by atoms with Crippen LogP contribution in [0.25, 0.3) is 10.9 Å². The van der Waals surface area contributed by atoms with Crippen LogP contribution in [0.15, 0.2) is 36.4 Å². The van der Waals surface area contributed by atoms with Crippen LogP contribution in [0, 0.1) is 0 Å². The Kier molecular flexibility index (Phi) is 4.54. The fourth-order valence-electron chi connectivity index (χ4n) is 3.02. The van der Waals surface area contributed by atoms with Gasteiger partial charge in [0, 0.05) is 23.9 Å². The largest absolute Gasteiger partial charge is 0.293 e. The van der Waals surface area contributed by atoms with Crippen molar-refractivity contribution in [2.24, 2.45) is 0 Å². The molecular formula is C17H21ClN2. The number of aromatic nitrogens is 1. The van der Waals surface area contributed by atoms with E-state index in [0.717, 1.165) is 30.2 Å². The van der Waals surface area contributed by atoms with Gasteiger partial charge in [-0.25, -0.2) is 0 Å². The Balaban J connectivity index is 1.80. The normalized spacial score (nSPS) is 20.9. The van der Waals surface area contributed by atoms with E-state index in [4.69, 9.17) is 16.6 Å². The van der Waals surface area contributed by atoms with Gasteiger partial charge in [-0.15, -0.1) is 11.6 Å². The molecule has 3 heteroatoms. The summed E-state index contributed by atoms with van der Waals surface area (Å²) in [6.07, 6.45) is 5.13. The number of alkyl halides is 1. The monoisotopic (exact) mass is 288 g/mol. The maximum atomic E-state index is 6.15. The first-order valence-corrected chi connectivity index (χ1v) is 8.05. The van der Waals surface area contributed by atoms with Crippen molar-refractivity contribution < 1.29 is 0 Å². The second-order valence-electron chi connectivity index (χ2n) is 5.62. The van der Waals surface area contributed by atoms with Gasteiger partial charge >= 0.3 is 0 Å². The van der Waals surface area contributed by atoms with Crippen molar-refractivity contribution in [3.8, 4) is 0 Å². The van der Waals surface area contributed by atoms with Gasteiger partial charge in [-0.05, 0) is 31.5 Å². The van der Waals surface area contributed by atoms with Crippen molar-refractivity contribution in [1.29, 1.82) is 0 Å². The first kappa shape index (κ1) is 13.8. The zero-order chi connectivity index (χ0) is 13.8. The molecule has 1 aliphatic heterocycles. The zero-order valence-electron chi connectivity index (χ0n) is 11.8. The van der Waals surface area contributed by atoms with Crippen molar-refractivity contribution in [2.45, 2.75) is 38.3 Å². The molecule has 2 heterocycles. The first-order chi connectivity index (χ1) is 9.86. The summed E-state index contributed by atoms with van der Waals surface area (Å²) in [5, 5.41) is 1.21. The third-order valence-corrected chi connectivity index (χ3v) is 4.55. The molecule has 1 aliphatic rings. The molecule has 1 unspecified atom stereocenters. The number of rotatable bonds is 3. The van der Waals surface area contributed by atoms with Crippen LogP contribution in [0.4, 0.5) is 0 Å². The van der Waals surface area contributed by atoms with Crippen LogP contribution in [0.2, 0.25) is 0 Å². The van der Waals surface area contributed by atoms with E-state index in [1.54, 1.807) is 0 Å².